The number of hydrogen-bond donors (Lipinski definition) is 3. The van der Waals surface area contributed by atoms with Crippen molar-refractivity contribution < 1.29 is 18.8 Å². The fourth-order valence-electron chi connectivity index (χ4n) is 5.22. The first-order valence-electron chi connectivity index (χ1n) is 12.4. The molecule has 35 heavy (non-hydrogen) atoms. The van der Waals surface area contributed by atoms with E-state index < -0.39 is 11.7 Å². The number of nitrogens with zero attached hydrogens (tertiary/aromatic N) is 1. The number of rotatable bonds is 8. The Kier molecular flexibility index (Phi) is 8.13. The number of amides is 3. The molecule has 7 nitrogen and oxygen atoms in total. The minimum atomic E-state index is -0.564. The topological polar surface area (TPSA) is 90.5 Å². The molecule has 3 atom stereocenters. The maximum absolute atomic E-state index is 14.7. The summed E-state index contributed by atoms with van der Waals surface area (Å²) in [4.78, 5) is 39.2. The van der Waals surface area contributed by atoms with Gasteiger partial charge in [-0.1, -0.05) is 37.1 Å². The maximum atomic E-state index is 14.7. The highest BCUT2D eigenvalue weighted by Crippen LogP contribution is 2.35. The molecule has 0 aromatic heterocycles. The van der Waals surface area contributed by atoms with Gasteiger partial charge in [-0.05, 0) is 61.9 Å². The maximum Gasteiger partial charge on any atom is 0.256 e. The van der Waals surface area contributed by atoms with E-state index in [0.717, 1.165) is 31.2 Å². The molecule has 0 spiro atoms. The Labute approximate surface area is 205 Å². The van der Waals surface area contributed by atoms with Crippen molar-refractivity contribution in [3.8, 4) is 0 Å². The quantitative estimate of drug-likeness (QED) is 0.542. The van der Waals surface area contributed by atoms with Gasteiger partial charge in [-0.3, -0.25) is 19.8 Å². The van der Waals surface area contributed by atoms with Crippen LogP contribution >= 0.6 is 0 Å². The number of carbonyl (C=O) groups excluding carboxylic acids is 3. The van der Waals surface area contributed by atoms with Crippen molar-refractivity contribution in [2.75, 3.05) is 19.6 Å². The van der Waals surface area contributed by atoms with Gasteiger partial charge in [0.1, 0.15) is 5.82 Å². The lowest BCUT2D eigenvalue weighted by Gasteiger charge is -2.41. The molecule has 1 heterocycles. The molecule has 2 aliphatic rings. The summed E-state index contributed by atoms with van der Waals surface area (Å²) in [6.45, 7) is 2.76. The third-order valence-electron chi connectivity index (χ3n) is 7.14. The Bertz CT molecular complexity index is 1060. The highest BCUT2D eigenvalue weighted by Gasteiger charge is 2.39. The normalized spacial score (nSPS) is 21.5. The van der Waals surface area contributed by atoms with Gasteiger partial charge in [0.05, 0.1) is 5.56 Å². The molecule has 186 valence electrons. The first-order valence-corrected chi connectivity index (χ1v) is 12.4. The lowest BCUT2D eigenvalue weighted by molar-refractivity contribution is -0.133. The minimum Gasteiger partial charge on any atom is -0.350 e. The lowest BCUT2D eigenvalue weighted by Crippen LogP contribution is -2.60. The second-order valence-electron chi connectivity index (χ2n) is 9.32. The standard InChI is InChI=1S/C27H33FN4O3/c1-2-32(15-14-29-25(33)19-8-4-3-5-9-19)27(35)22-16-18(12-13-23(22)28)17-24-20-10-6-7-11-21(20)26(34)31-30-24/h3-5,8-9,12-13,16,20-21,24,30H,2,6-7,10-11,14-15,17H2,1H3,(H,29,33)(H,31,34). The van der Waals surface area contributed by atoms with Gasteiger partial charge in [0.15, 0.2) is 0 Å². The molecular weight excluding hydrogens is 447 g/mol. The fraction of sp³-hybridized carbons (Fsp3) is 0.444. The Balaban J connectivity index is 1.39. The largest absolute Gasteiger partial charge is 0.350 e. The van der Waals surface area contributed by atoms with Crippen LogP contribution in [0.2, 0.25) is 0 Å². The van der Waals surface area contributed by atoms with Crippen molar-refractivity contribution in [3.05, 3.63) is 71.0 Å². The Morgan fingerprint density at radius 2 is 1.89 bits per heavy atom. The van der Waals surface area contributed by atoms with Crippen molar-refractivity contribution in [3.63, 3.8) is 0 Å². The second kappa shape index (κ2) is 11.4. The van der Waals surface area contributed by atoms with E-state index in [1.165, 1.54) is 11.0 Å². The summed E-state index contributed by atoms with van der Waals surface area (Å²) in [6.07, 6.45) is 4.65. The summed E-state index contributed by atoms with van der Waals surface area (Å²) in [6, 6.07) is 13.6. The van der Waals surface area contributed by atoms with Crippen molar-refractivity contribution >= 4 is 17.7 Å². The van der Waals surface area contributed by atoms with E-state index in [2.05, 4.69) is 16.2 Å². The predicted molar refractivity (Wildman–Crippen MR) is 131 cm³/mol. The van der Waals surface area contributed by atoms with Crippen LogP contribution in [0.3, 0.4) is 0 Å². The molecule has 1 aliphatic carbocycles. The zero-order chi connectivity index (χ0) is 24.8. The van der Waals surface area contributed by atoms with E-state index in [0.29, 0.717) is 18.5 Å². The van der Waals surface area contributed by atoms with Crippen LogP contribution in [-0.2, 0) is 11.2 Å². The molecule has 2 aromatic rings. The molecule has 1 saturated heterocycles. The summed E-state index contributed by atoms with van der Waals surface area (Å²) in [7, 11) is 0. The van der Waals surface area contributed by atoms with E-state index in [1.54, 1.807) is 36.4 Å². The molecule has 2 fully saturated rings. The Morgan fingerprint density at radius 3 is 2.66 bits per heavy atom. The van der Waals surface area contributed by atoms with Crippen LogP contribution in [0.15, 0.2) is 48.5 Å². The average Bonchev–Trinajstić information content (AvgIpc) is 2.89. The van der Waals surface area contributed by atoms with Gasteiger partial charge in [0.25, 0.3) is 11.8 Å². The number of fused-ring (bicyclic) bond motifs is 1. The predicted octanol–water partition coefficient (Wildman–Crippen LogP) is 3.07. The number of benzene rings is 2. The van der Waals surface area contributed by atoms with Crippen LogP contribution in [0.25, 0.3) is 0 Å². The number of nitrogens with one attached hydrogen (secondary N) is 3. The van der Waals surface area contributed by atoms with Gasteiger partial charge in [-0.25, -0.2) is 9.82 Å². The molecule has 0 radical (unpaired) electrons. The second-order valence-corrected chi connectivity index (χ2v) is 9.32. The van der Waals surface area contributed by atoms with Crippen molar-refractivity contribution in [1.29, 1.82) is 0 Å². The molecule has 3 unspecified atom stereocenters. The molecule has 1 aliphatic heterocycles. The van der Waals surface area contributed by atoms with Crippen LogP contribution in [-0.4, -0.2) is 48.3 Å². The van der Waals surface area contributed by atoms with E-state index in [9.17, 15) is 18.8 Å². The Morgan fingerprint density at radius 1 is 1.11 bits per heavy atom. The monoisotopic (exact) mass is 480 g/mol. The summed E-state index contributed by atoms with van der Waals surface area (Å²) in [5.74, 6) is -0.873. The average molecular weight is 481 g/mol. The van der Waals surface area contributed by atoms with Gasteiger partial charge < -0.3 is 10.2 Å². The fourth-order valence-corrected chi connectivity index (χ4v) is 5.22. The van der Waals surface area contributed by atoms with Crippen LogP contribution in [0.4, 0.5) is 4.39 Å². The van der Waals surface area contributed by atoms with Gasteiger partial charge in [-0.15, -0.1) is 0 Å². The first kappa shape index (κ1) is 24.9. The van der Waals surface area contributed by atoms with Crippen molar-refractivity contribution in [2.45, 2.75) is 45.1 Å². The molecule has 0 bridgehead atoms. The molecule has 4 rings (SSSR count). The number of carbonyl (C=O) groups is 3. The molecule has 3 N–H and O–H groups in total. The molecular formula is C27H33FN4O3. The van der Waals surface area contributed by atoms with Gasteiger partial charge in [-0.2, -0.15) is 0 Å². The van der Waals surface area contributed by atoms with Crippen molar-refractivity contribution in [2.24, 2.45) is 11.8 Å². The first-order chi connectivity index (χ1) is 17.0. The van der Waals surface area contributed by atoms with E-state index in [4.69, 9.17) is 0 Å². The summed E-state index contributed by atoms with van der Waals surface area (Å²) in [5, 5.41) is 2.81. The summed E-state index contributed by atoms with van der Waals surface area (Å²) in [5.41, 5.74) is 7.36. The molecule has 3 amide bonds. The molecule has 8 heteroatoms. The Hall–Kier alpha value is -3.26. The molecule has 1 saturated carbocycles. The van der Waals surface area contributed by atoms with E-state index >= 15 is 0 Å². The number of hydrogen-bond acceptors (Lipinski definition) is 4. The number of halogens is 1. The SMILES string of the molecule is CCN(CCNC(=O)c1ccccc1)C(=O)c1cc(CC2NNC(=O)C3CCCCC23)ccc1F. The number of hydrazine groups is 1. The third-order valence-corrected chi connectivity index (χ3v) is 7.14. The number of likely N-dealkylation sites (N-methyl/N-ethyl adjacent to an activating group) is 1. The van der Waals surface area contributed by atoms with E-state index in [-0.39, 0.29) is 48.3 Å². The minimum absolute atomic E-state index is 0.0123. The zero-order valence-electron chi connectivity index (χ0n) is 20.1. The van der Waals surface area contributed by atoms with Crippen LogP contribution in [0.5, 0.6) is 0 Å². The van der Waals surface area contributed by atoms with Crippen molar-refractivity contribution in [1.82, 2.24) is 21.1 Å². The van der Waals surface area contributed by atoms with Crippen LogP contribution in [0, 0.1) is 17.7 Å². The molecule has 2 aromatic carbocycles. The van der Waals surface area contributed by atoms with Gasteiger partial charge in [0.2, 0.25) is 5.91 Å². The zero-order valence-corrected chi connectivity index (χ0v) is 20.1. The summed E-state index contributed by atoms with van der Waals surface area (Å²) < 4.78 is 14.7. The smallest absolute Gasteiger partial charge is 0.256 e. The lowest BCUT2D eigenvalue weighted by atomic mass is 9.72. The summed E-state index contributed by atoms with van der Waals surface area (Å²) >= 11 is 0. The van der Waals surface area contributed by atoms with Gasteiger partial charge in [0, 0.05) is 37.2 Å². The third kappa shape index (κ3) is 5.88. The highest BCUT2D eigenvalue weighted by atomic mass is 19.1. The van der Waals surface area contributed by atoms with E-state index in [1.807, 2.05) is 13.0 Å². The highest BCUT2D eigenvalue weighted by molar-refractivity contribution is 5.95. The van der Waals surface area contributed by atoms with Gasteiger partial charge >= 0.3 is 0 Å². The van der Waals surface area contributed by atoms with Crippen LogP contribution < -0.4 is 16.2 Å². The van der Waals surface area contributed by atoms with Crippen LogP contribution in [0.1, 0.15) is 58.9 Å².